The fraction of sp³-hybridized carbons (Fsp3) is 0. The second kappa shape index (κ2) is 10.7. The average molecular weight is 500 g/mol. The van der Waals surface area contributed by atoms with Gasteiger partial charge in [-0.25, -0.2) is 0 Å². The Hall–Kier alpha value is -5.14. The summed E-state index contributed by atoms with van der Waals surface area (Å²) < 4.78 is 0. The van der Waals surface area contributed by atoms with Gasteiger partial charge in [0.2, 0.25) is 0 Å². The Morgan fingerprint density at radius 2 is 0.769 bits per heavy atom. The van der Waals surface area contributed by atoms with E-state index in [9.17, 15) is 0 Å². The Morgan fingerprint density at radius 1 is 0.410 bits per heavy atom. The molecule has 0 fully saturated rings. The number of benzene rings is 6. The highest BCUT2D eigenvalue weighted by molar-refractivity contribution is 6.11. The van der Waals surface area contributed by atoms with Crippen molar-refractivity contribution in [2.24, 2.45) is 5.73 Å². The lowest BCUT2D eigenvalue weighted by Gasteiger charge is -2.20. The summed E-state index contributed by atoms with van der Waals surface area (Å²) in [7, 11) is 0. The van der Waals surface area contributed by atoms with Crippen LogP contribution in [-0.4, -0.2) is 0 Å². The predicted molar refractivity (Wildman–Crippen MR) is 169 cm³/mol. The van der Waals surface area contributed by atoms with Crippen molar-refractivity contribution in [1.29, 1.82) is 0 Å². The van der Waals surface area contributed by atoms with Gasteiger partial charge in [0, 0.05) is 0 Å². The minimum atomic E-state index is 1.07. The van der Waals surface area contributed by atoms with Crippen molar-refractivity contribution in [2.75, 3.05) is 0 Å². The Morgan fingerprint density at radius 3 is 1.18 bits per heavy atom. The van der Waals surface area contributed by atoms with Gasteiger partial charge in [-0.3, -0.25) is 0 Å². The van der Waals surface area contributed by atoms with Gasteiger partial charge >= 0.3 is 0 Å². The normalized spacial score (nSPS) is 11.2. The molecule has 0 aromatic heterocycles. The standard InChI is InChI=1S/C38H29N/c1-2-33-36(25-26-39)38(32-23-19-30(20-24-32)28-13-7-4-8-14-28)35-16-10-9-15-34(35)37(33)31-21-17-29(18-22-31)27-11-5-3-6-12-27/h2-26H,1,39H2/b26-25-. The largest absolute Gasteiger partial charge is 0.405 e. The van der Waals surface area contributed by atoms with Crippen molar-refractivity contribution >= 4 is 22.9 Å². The molecule has 6 aromatic rings. The summed E-state index contributed by atoms with van der Waals surface area (Å²) >= 11 is 0. The molecule has 6 rings (SSSR count). The number of nitrogens with two attached hydrogens (primary N) is 1. The number of hydrogen-bond acceptors (Lipinski definition) is 1. The van der Waals surface area contributed by atoms with E-state index < -0.39 is 0 Å². The highest BCUT2D eigenvalue weighted by Gasteiger charge is 2.19. The predicted octanol–water partition coefficient (Wildman–Crippen LogP) is 10.1. The molecule has 0 saturated carbocycles. The lowest BCUT2D eigenvalue weighted by atomic mass is 9.83. The zero-order chi connectivity index (χ0) is 26.6. The van der Waals surface area contributed by atoms with Gasteiger partial charge in [0.25, 0.3) is 0 Å². The smallest absolute Gasteiger partial charge is 0.00258 e. The maximum Gasteiger partial charge on any atom is -0.00258 e. The van der Waals surface area contributed by atoms with Crippen molar-refractivity contribution in [3.63, 3.8) is 0 Å². The minimum absolute atomic E-state index is 1.07. The van der Waals surface area contributed by atoms with E-state index in [2.05, 4.69) is 128 Å². The molecule has 186 valence electrons. The van der Waals surface area contributed by atoms with E-state index in [0.717, 1.165) is 33.4 Å². The molecule has 0 saturated heterocycles. The molecule has 39 heavy (non-hydrogen) atoms. The van der Waals surface area contributed by atoms with Gasteiger partial charge in [0.05, 0.1) is 0 Å². The molecule has 0 aliphatic carbocycles. The molecule has 0 atom stereocenters. The first-order chi connectivity index (χ1) is 19.3. The minimum Gasteiger partial charge on any atom is -0.405 e. The fourth-order valence-electron chi connectivity index (χ4n) is 5.50. The van der Waals surface area contributed by atoms with E-state index in [1.165, 1.54) is 33.0 Å². The molecule has 0 amide bonds. The lowest BCUT2D eigenvalue weighted by molar-refractivity contribution is 1.55. The van der Waals surface area contributed by atoms with Gasteiger partial charge in [-0.2, -0.15) is 0 Å². The monoisotopic (exact) mass is 499 g/mol. The highest BCUT2D eigenvalue weighted by atomic mass is 14.5. The summed E-state index contributed by atoms with van der Waals surface area (Å²) in [4.78, 5) is 0. The molecule has 2 N–H and O–H groups in total. The molecule has 1 nitrogen and oxygen atoms in total. The Bertz CT molecular complexity index is 1780. The van der Waals surface area contributed by atoms with E-state index in [0.29, 0.717) is 0 Å². The van der Waals surface area contributed by atoms with Crippen LogP contribution >= 0.6 is 0 Å². The first-order valence-electron chi connectivity index (χ1n) is 13.2. The Kier molecular flexibility index (Phi) is 6.64. The number of fused-ring (bicyclic) bond motifs is 1. The van der Waals surface area contributed by atoms with Gasteiger partial charge in [0.15, 0.2) is 0 Å². The molecule has 0 aliphatic rings. The average Bonchev–Trinajstić information content (AvgIpc) is 3.01. The van der Waals surface area contributed by atoms with Crippen LogP contribution in [0.25, 0.3) is 67.4 Å². The van der Waals surface area contributed by atoms with Crippen LogP contribution in [0.5, 0.6) is 0 Å². The number of rotatable bonds is 6. The van der Waals surface area contributed by atoms with Crippen molar-refractivity contribution in [3.05, 3.63) is 157 Å². The molecule has 0 bridgehead atoms. The topological polar surface area (TPSA) is 26.0 Å². The Labute approximate surface area is 230 Å². The molecule has 0 aliphatic heterocycles. The highest BCUT2D eigenvalue weighted by Crippen LogP contribution is 2.43. The van der Waals surface area contributed by atoms with Crippen molar-refractivity contribution in [2.45, 2.75) is 0 Å². The molecule has 0 spiro atoms. The van der Waals surface area contributed by atoms with E-state index in [1.807, 2.05) is 24.3 Å². The Balaban J connectivity index is 1.56. The van der Waals surface area contributed by atoms with Gasteiger partial charge in [-0.1, -0.05) is 146 Å². The first kappa shape index (κ1) is 24.2. The third-order valence-corrected chi connectivity index (χ3v) is 7.32. The second-order valence-corrected chi connectivity index (χ2v) is 9.57. The van der Waals surface area contributed by atoms with Crippen LogP contribution in [0.4, 0.5) is 0 Å². The SMILES string of the molecule is C=Cc1c(/C=C\N)c(-c2ccc(-c3ccccc3)cc2)c2ccccc2c1-c1ccc(-c2ccccc2)cc1. The molecular weight excluding hydrogens is 470 g/mol. The summed E-state index contributed by atoms with van der Waals surface area (Å²) in [6.45, 7) is 4.25. The molecule has 1 heteroatoms. The summed E-state index contributed by atoms with van der Waals surface area (Å²) in [6.07, 6.45) is 5.59. The summed E-state index contributed by atoms with van der Waals surface area (Å²) in [5.41, 5.74) is 17.6. The van der Waals surface area contributed by atoms with E-state index in [-0.39, 0.29) is 0 Å². The van der Waals surface area contributed by atoms with Crippen LogP contribution in [0.1, 0.15) is 11.1 Å². The van der Waals surface area contributed by atoms with Crippen LogP contribution in [-0.2, 0) is 0 Å². The maximum atomic E-state index is 6.03. The van der Waals surface area contributed by atoms with E-state index in [4.69, 9.17) is 5.73 Å². The number of hydrogen-bond donors (Lipinski definition) is 1. The van der Waals surface area contributed by atoms with Crippen molar-refractivity contribution < 1.29 is 0 Å². The molecular formula is C38H29N. The van der Waals surface area contributed by atoms with Gasteiger partial charge in [-0.05, 0) is 78.7 Å². The van der Waals surface area contributed by atoms with Crippen LogP contribution in [0, 0.1) is 0 Å². The first-order valence-corrected chi connectivity index (χ1v) is 13.2. The second-order valence-electron chi connectivity index (χ2n) is 9.57. The van der Waals surface area contributed by atoms with E-state index in [1.54, 1.807) is 6.20 Å². The fourth-order valence-corrected chi connectivity index (χ4v) is 5.50. The van der Waals surface area contributed by atoms with E-state index >= 15 is 0 Å². The summed E-state index contributed by atoms with van der Waals surface area (Å²) in [5.74, 6) is 0. The summed E-state index contributed by atoms with van der Waals surface area (Å²) in [6, 6.07) is 47.2. The van der Waals surface area contributed by atoms with Gasteiger partial charge < -0.3 is 5.73 Å². The van der Waals surface area contributed by atoms with Gasteiger partial charge in [-0.15, -0.1) is 0 Å². The van der Waals surface area contributed by atoms with Crippen LogP contribution in [0.2, 0.25) is 0 Å². The quantitative estimate of drug-likeness (QED) is 0.242. The summed E-state index contributed by atoms with van der Waals surface area (Å²) in [5, 5.41) is 2.38. The third-order valence-electron chi connectivity index (χ3n) is 7.32. The van der Waals surface area contributed by atoms with Gasteiger partial charge in [0.1, 0.15) is 0 Å². The van der Waals surface area contributed by atoms with Crippen molar-refractivity contribution in [1.82, 2.24) is 0 Å². The molecule has 0 radical (unpaired) electrons. The molecule has 0 heterocycles. The van der Waals surface area contributed by atoms with Crippen LogP contribution in [0.15, 0.2) is 146 Å². The zero-order valence-corrected chi connectivity index (χ0v) is 21.7. The van der Waals surface area contributed by atoms with Crippen LogP contribution < -0.4 is 5.73 Å². The van der Waals surface area contributed by atoms with Crippen molar-refractivity contribution in [3.8, 4) is 44.5 Å². The molecule has 6 aromatic carbocycles. The van der Waals surface area contributed by atoms with Crippen LogP contribution in [0.3, 0.4) is 0 Å². The third kappa shape index (κ3) is 4.56. The molecule has 0 unspecified atom stereocenters. The zero-order valence-electron chi connectivity index (χ0n) is 21.7. The lowest BCUT2D eigenvalue weighted by Crippen LogP contribution is -1.97. The maximum absolute atomic E-state index is 6.03.